The second-order valence-electron chi connectivity index (χ2n) is 8.31. The Bertz CT molecular complexity index is 946. The van der Waals surface area contributed by atoms with E-state index >= 15 is 0 Å². The van der Waals surface area contributed by atoms with Crippen molar-refractivity contribution in [3.8, 4) is 5.75 Å². The first-order valence-corrected chi connectivity index (χ1v) is 10.2. The van der Waals surface area contributed by atoms with E-state index in [1.165, 1.54) is 11.1 Å². The second-order valence-corrected chi connectivity index (χ2v) is 8.31. The molecule has 0 bridgehead atoms. The zero-order valence-corrected chi connectivity index (χ0v) is 17.2. The Kier molecular flexibility index (Phi) is 5.07. The first kappa shape index (κ1) is 19.5. The molecular formula is C24H27NO4. The van der Waals surface area contributed by atoms with Crippen LogP contribution >= 0.6 is 0 Å². The number of hydrogen-bond acceptors (Lipinski definition) is 4. The minimum absolute atomic E-state index is 0.0867. The van der Waals surface area contributed by atoms with Crippen molar-refractivity contribution >= 4 is 11.9 Å². The van der Waals surface area contributed by atoms with E-state index < -0.39 is 11.6 Å². The molecule has 1 fully saturated rings. The summed E-state index contributed by atoms with van der Waals surface area (Å²) in [6.45, 7) is 7.08. The summed E-state index contributed by atoms with van der Waals surface area (Å²) in [5, 5.41) is 0. The second kappa shape index (κ2) is 7.54. The zero-order valence-electron chi connectivity index (χ0n) is 17.2. The first-order chi connectivity index (χ1) is 13.9. The van der Waals surface area contributed by atoms with Crippen molar-refractivity contribution in [2.45, 2.75) is 51.7 Å². The molecule has 0 aliphatic carbocycles. The Balaban J connectivity index is 1.39. The maximum absolute atomic E-state index is 13.2. The van der Waals surface area contributed by atoms with Crippen molar-refractivity contribution in [3.05, 3.63) is 64.7 Å². The fraction of sp³-hybridized carbons (Fsp3) is 0.417. The van der Waals surface area contributed by atoms with Gasteiger partial charge in [-0.1, -0.05) is 24.3 Å². The van der Waals surface area contributed by atoms with Gasteiger partial charge in [-0.2, -0.15) is 0 Å². The van der Waals surface area contributed by atoms with Gasteiger partial charge in [0.15, 0.2) is 5.60 Å². The number of carbonyl (C=O) groups is 2. The van der Waals surface area contributed by atoms with E-state index in [1.807, 2.05) is 29.2 Å². The van der Waals surface area contributed by atoms with E-state index in [2.05, 4.69) is 26.0 Å². The molecule has 1 saturated heterocycles. The van der Waals surface area contributed by atoms with Crippen LogP contribution in [0.2, 0.25) is 0 Å². The van der Waals surface area contributed by atoms with Crippen molar-refractivity contribution in [2.75, 3.05) is 13.1 Å². The molecule has 2 aromatic rings. The number of benzene rings is 2. The summed E-state index contributed by atoms with van der Waals surface area (Å²) >= 11 is 0. The number of ether oxygens (including phenoxy) is 2. The van der Waals surface area contributed by atoms with Gasteiger partial charge in [-0.25, -0.2) is 4.79 Å². The van der Waals surface area contributed by atoms with Crippen LogP contribution in [0.15, 0.2) is 42.5 Å². The number of likely N-dealkylation sites (tertiary alicyclic amines) is 1. The molecule has 0 saturated carbocycles. The van der Waals surface area contributed by atoms with Gasteiger partial charge in [0, 0.05) is 32.4 Å². The van der Waals surface area contributed by atoms with Gasteiger partial charge in [0.1, 0.15) is 11.9 Å². The van der Waals surface area contributed by atoms with Gasteiger partial charge in [-0.05, 0) is 55.7 Å². The zero-order chi connectivity index (χ0) is 20.6. The standard InChI is InChI=1S/C24H27NO4/c1-16-8-9-20(14-17(16)2)28-19-10-12-25(13-11-19)23(27)24(3)15-18-6-4-5-7-21(18)22(26)29-24/h4-9,14,19H,10-13,15H2,1-3H3. The van der Waals surface area contributed by atoms with Crippen molar-refractivity contribution < 1.29 is 19.1 Å². The SMILES string of the molecule is Cc1ccc(OC2CCN(C(=O)C3(C)Cc4ccccc4C(=O)O3)CC2)cc1C. The smallest absolute Gasteiger partial charge is 0.339 e. The van der Waals surface area contributed by atoms with E-state index in [0.717, 1.165) is 24.2 Å². The number of nitrogens with zero attached hydrogens (tertiary/aromatic N) is 1. The summed E-state index contributed by atoms with van der Waals surface area (Å²) in [5.74, 6) is 0.336. The van der Waals surface area contributed by atoms with Gasteiger partial charge in [0.2, 0.25) is 0 Å². The van der Waals surface area contributed by atoms with Crippen LogP contribution in [-0.2, 0) is 16.0 Å². The largest absolute Gasteiger partial charge is 0.490 e. The van der Waals surface area contributed by atoms with Gasteiger partial charge in [-0.3, -0.25) is 4.79 Å². The molecule has 2 aromatic carbocycles. The molecule has 5 nitrogen and oxygen atoms in total. The maximum atomic E-state index is 13.2. The van der Waals surface area contributed by atoms with E-state index in [9.17, 15) is 9.59 Å². The third kappa shape index (κ3) is 3.86. The highest BCUT2D eigenvalue weighted by Gasteiger charge is 2.45. The lowest BCUT2D eigenvalue weighted by molar-refractivity contribution is -0.153. The molecule has 5 heteroatoms. The van der Waals surface area contributed by atoms with Crippen LogP contribution in [0.25, 0.3) is 0 Å². The van der Waals surface area contributed by atoms with Crippen molar-refractivity contribution in [1.29, 1.82) is 0 Å². The van der Waals surface area contributed by atoms with Crippen LogP contribution in [0.5, 0.6) is 5.75 Å². The highest BCUT2D eigenvalue weighted by Crippen LogP contribution is 2.31. The first-order valence-electron chi connectivity index (χ1n) is 10.2. The quantitative estimate of drug-likeness (QED) is 0.744. The van der Waals surface area contributed by atoms with E-state index in [-0.39, 0.29) is 12.0 Å². The number of fused-ring (bicyclic) bond motifs is 1. The van der Waals surface area contributed by atoms with Crippen LogP contribution in [0.3, 0.4) is 0 Å². The number of piperidine rings is 1. The number of amides is 1. The number of rotatable bonds is 3. The van der Waals surface area contributed by atoms with E-state index in [1.54, 1.807) is 13.0 Å². The number of aryl methyl sites for hydroxylation is 2. The van der Waals surface area contributed by atoms with Gasteiger partial charge in [-0.15, -0.1) is 0 Å². The fourth-order valence-corrected chi connectivity index (χ4v) is 4.14. The molecule has 1 unspecified atom stereocenters. The summed E-state index contributed by atoms with van der Waals surface area (Å²) in [5.41, 5.74) is 2.73. The lowest BCUT2D eigenvalue weighted by Gasteiger charge is -2.39. The predicted octanol–water partition coefficient (Wildman–Crippen LogP) is 3.85. The average Bonchev–Trinajstić information content (AvgIpc) is 2.71. The molecular weight excluding hydrogens is 366 g/mol. The van der Waals surface area contributed by atoms with Crippen molar-refractivity contribution in [1.82, 2.24) is 4.90 Å². The Labute approximate surface area is 171 Å². The molecule has 2 aliphatic heterocycles. The van der Waals surface area contributed by atoms with Crippen LogP contribution in [0.1, 0.15) is 46.8 Å². The number of hydrogen-bond donors (Lipinski definition) is 0. The van der Waals surface area contributed by atoms with Gasteiger partial charge in [0.05, 0.1) is 5.56 Å². The summed E-state index contributed by atoms with van der Waals surface area (Å²) in [6, 6.07) is 13.5. The Morgan fingerprint density at radius 2 is 1.83 bits per heavy atom. The minimum atomic E-state index is -1.15. The van der Waals surface area contributed by atoms with Crippen LogP contribution < -0.4 is 4.74 Å². The number of cyclic esters (lactones) is 1. The Morgan fingerprint density at radius 3 is 2.55 bits per heavy atom. The summed E-state index contributed by atoms with van der Waals surface area (Å²) < 4.78 is 11.7. The fourth-order valence-electron chi connectivity index (χ4n) is 4.14. The van der Waals surface area contributed by atoms with Crippen LogP contribution in [-0.4, -0.2) is 41.6 Å². The normalized spacial score (nSPS) is 22.0. The van der Waals surface area contributed by atoms with Crippen molar-refractivity contribution in [3.63, 3.8) is 0 Å². The van der Waals surface area contributed by atoms with Crippen LogP contribution in [0, 0.1) is 13.8 Å². The lowest BCUT2D eigenvalue weighted by atomic mass is 9.88. The maximum Gasteiger partial charge on any atom is 0.339 e. The molecule has 1 amide bonds. The molecule has 4 rings (SSSR count). The number of carbonyl (C=O) groups excluding carboxylic acids is 2. The highest BCUT2D eigenvalue weighted by atomic mass is 16.6. The summed E-state index contributed by atoms with van der Waals surface area (Å²) in [4.78, 5) is 27.4. The molecule has 0 aromatic heterocycles. The van der Waals surface area contributed by atoms with Gasteiger partial charge >= 0.3 is 5.97 Å². The topological polar surface area (TPSA) is 55.8 Å². The third-order valence-electron chi connectivity index (χ3n) is 6.05. The summed E-state index contributed by atoms with van der Waals surface area (Å²) in [6.07, 6.45) is 2.02. The minimum Gasteiger partial charge on any atom is -0.490 e. The Hall–Kier alpha value is -2.82. The molecule has 0 radical (unpaired) electrons. The molecule has 0 spiro atoms. The molecule has 2 heterocycles. The van der Waals surface area contributed by atoms with Crippen molar-refractivity contribution in [2.24, 2.45) is 0 Å². The van der Waals surface area contributed by atoms with Crippen LogP contribution in [0.4, 0.5) is 0 Å². The van der Waals surface area contributed by atoms with E-state index in [4.69, 9.17) is 9.47 Å². The average molecular weight is 393 g/mol. The predicted molar refractivity (Wildman–Crippen MR) is 110 cm³/mol. The Morgan fingerprint density at radius 1 is 1.10 bits per heavy atom. The van der Waals surface area contributed by atoms with Gasteiger partial charge < -0.3 is 14.4 Å². The van der Waals surface area contributed by atoms with E-state index in [0.29, 0.717) is 25.1 Å². The molecule has 29 heavy (non-hydrogen) atoms. The summed E-state index contributed by atoms with van der Waals surface area (Å²) in [7, 11) is 0. The molecule has 0 N–H and O–H groups in total. The monoisotopic (exact) mass is 393 g/mol. The highest BCUT2D eigenvalue weighted by molar-refractivity contribution is 5.97. The molecule has 152 valence electrons. The number of esters is 1. The molecule has 2 aliphatic rings. The molecule has 1 atom stereocenters. The third-order valence-corrected chi connectivity index (χ3v) is 6.05. The van der Waals surface area contributed by atoms with Gasteiger partial charge in [0.25, 0.3) is 5.91 Å². The lowest BCUT2D eigenvalue weighted by Crippen LogP contribution is -2.55.